The molecule has 1 atom stereocenters. The molecule has 0 fully saturated rings. The normalized spacial score (nSPS) is 19.9. The number of ketones is 1. The van der Waals surface area contributed by atoms with E-state index in [4.69, 9.17) is 0 Å². The lowest BCUT2D eigenvalue weighted by Gasteiger charge is -2.09. The van der Waals surface area contributed by atoms with Crippen LogP contribution in [0.3, 0.4) is 0 Å². The third-order valence-electron chi connectivity index (χ3n) is 2.90. The van der Waals surface area contributed by atoms with Crippen molar-refractivity contribution in [1.82, 2.24) is 0 Å². The van der Waals surface area contributed by atoms with Gasteiger partial charge in [-0.2, -0.15) is 13.2 Å². The SMILES string of the molecule is O=C1c2ccccc2CC1CCC(F)(F)F. The Bertz CT molecular complexity index is 409. The van der Waals surface area contributed by atoms with Crippen LogP contribution in [0.2, 0.25) is 0 Å². The van der Waals surface area contributed by atoms with Crippen molar-refractivity contribution >= 4 is 5.78 Å². The van der Waals surface area contributed by atoms with Gasteiger partial charge in [0.15, 0.2) is 5.78 Å². The number of Topliss-reactive ketones (excluding diaryl/α,β-unsaturated/α-hetero) is 1. The average molecular weight is 228 g/mol. The highest BCUT2D eigenvalue weighted by Crippen LogP contribution is 2.32. The predicted octanol–water partition coefficient (Wildman–Crippen LogP) is 3.38. The maximum atomic E-state index is 12.1. The summed E-state index contributed by atoms with van der Waals surface area (Å²) in [7, 11) is 0. The van der Waals surface area contributed by atoms with Gasteiger partial charge in [-0.25, -0.2) is 0 Å². The maximum Gasteiger partial charge on any atom is 0.389 e. The molecule has 1 aliphatic rings. The summed E-state index contributed by atoms with van der Waals surface area (Å²) < 4.78 is 36.2. The van der Waals surface area contributed by atoms with Crippen LogP contribution in [0.1, 0.15) is 28.8 Å². The summed E-state index contributed by atoms with van der Waals surface area (Å²) in [6.45, 7) is 0. The number of benzene rings is 1. The summed E-state index contributed by atoms with van der Waals surface area (Å²) in [6.07, 6.45) is -4.70. The van der Waals surface area contributed by atoms with Gasteiger partial charge in [-0.15, -0.1) is 0 Å². The van der Waals surface area contributed by atoms with E-state index in [1.54, 1.807) is 24.3 Å². The van der Waals surface area contributed by atoms with Crippen LogP contribution in [0.25, 0.3) is 0 Å². The molecule has 86 valence electrons. The van der Waals surface area contributed by atoms with E-state index in [9.17, 15) is 18.0 Å². The van der Waals surface area contributed by atoms with Crippen molar-refractivity contribution in [1.29, 1.82) is 0 Å². The molecule has 1 aromatic rings. The zero-order valence-corrected chi connectivity index (χ0v) is 8.55. The molecule has 0 spiro atoms. The van der Waals surface area contributed by atoms with Gasteiger partial charge in [0.2, 0.25) is 0 Å². The van der Waals surface area contributed by atoms with Gasteiger partial charge in [0, 0.05) is 17.9 Å². The Labute approximate surface area is 91.3 Å². The number of carbonyl (C=O) groups excluding carboxylic acids is 1. The van der Waals surface area contributed by atoms with Gasteiger partial charge in [0.1, 0.15) is 0 Å². The van der Waals surface area contributed by atoms with Crippen molar-refractivity contribution in [2.75, 3.05) is 0 Å². The van der Waals surface area contributed by atoms with Crippen LogP contribution in [-0.2, 0) is 6.42 Å². The molecule has 0 heterocycles. The highest BCUT2D eigenvalue weighted by molar-refractivity contribution is 6.02. The van der Waals surface area contributed by atoms with Gasteiger partial charge < -0.3 is 0 Å². The summed E-state index contributed by atoms with van der Waals surface area (Å²) >= 11 is 0. The zero-order valence-electron chi connectivity index (χ0n) is 8.55. The van der Waals surface area contributed by atoms with Crippen molar-refractivity contribution in [3.63, 3.8) is 0 Å². The van der Waals surface area contributed by atoms with Gasteiger partial charge in [0.25, 0.3) is 0 Å². The van der Waals surface area contributed by atoms with E-state index in [2.05, 4.69) is 0 Å². The first-order valence-electron chi connectivity index (χ1n) is 5.16. The molecule has 0 N–H and O–H groups in total. The van der Waals surface area contributed by atoms with Crippen LogP contribution in [-0.4, -0.2) is 12.0 Å². The van der Waals surface area contributed by atoms with Crippen LogP contribution in [0.5, 0.6) is 0 Å². The topological polar surface area (TPSA) is 17.1 Å². The van der Waals surface area contributed by atoms with E-state index in [1.807, 2.05) is 0 Å². The fourth-order valence-corrected chi connectivity index (χ4v) is 2.09. The molecule has 0 saturated heterocycles. The first-order chi connectivity index (χ1) is 7.47. The van der Waals surface area contributed by atoms with Crippen LogP contribution in [0.15, 0.2) is 24.3 Å². The summed E-state index contributed by atoms with van der Waals surface area (Å²) in [6, 6.07) is 7.03. The molecule has 1 aromatic carbocycles. The molecule has 0 aliphatic heterocycles. The quantitative estimate of drug-likeness (QED) is 0.758. The number of rotatable bonds is 2. The van der Waals surface area contributed by atoms with Crippen molar-refractivity contribution in [3.8, 4) is 0 Å². The van der Waals surface area contributed by atoms with E-state index in [-0.39, 0.29) is 12.2 Å². The summed E-state index contributed by atoms with van der Waals surface area (Å²) in [4.78, 5) is 11.7. The van der Waals surface area contributed by atoms with Gasteiger partial charge in [-0.1, -0.05) is 24.3 Å². The number of hydrogen-bond acceptors (Lipinski definition) is 1. The number of alkyl halides is 3. The van der Waals surface area contributed by atoms with Crippen molar-refractivity contribution in [2.24, 2.45) is 5.92 Å². The van der Waals surface area contributed by atoms with Gasteiger partial charge >= 0.3 is 6.18 Å². The molecule has 4 heteroatoms. The molecular weight excluding hydrogens is 217 g/mol. The molecule has 2 rings (SSSR count). The second-order valence-corrected chi connectivity index (χ2v) is 4.08. The minimum absolute atomic E-state index is 0.100. The smallest absolute Gasteiger partial charge is 0.294 e. The number of halogens is 3. The standard InChI is InChI=1S/C12H11F3O/c13-12(14,15)6-5-9-7-8-3-1-2-4-10(8)11(9)16/h1-4,9H,5-7H2. The van der Waals surface area contributed by atoms with Crippen LogP contribution >= 0.6 is 0 Å². The Kier molecular flexibility index (Phi) is 2.74. The molecule has 0 amide bonds. The van der Waals surface area contributed by atoms with Crippen LogP contribution < -0.4 is 0 Å². The molecule has 1 nitrogen and oxygen atoms in total. The third kappa shape index (κ3) is 2.26. The number of carbonyl (C=O) groups is 1. The first-order valence-corrected chi connectivity index (χ1v) is 5.16. The summed E-state index contributed by atoms with van der Waals surface area (Å²) in [5, 5.41) is 0. The van der Waals surface area contributed by atoms with Gasteiger partial charge in [0.05, 0.1) is 0 Å². The van der Waals surface area contributed by atoms with E-state index < -0.39 is 18.5 Å². The molecule has 0 bridgehead atoms. The minimum atomic E-state index is -4.17. The first kappa shape index (κ1) is 11.2. The Morgan fingerprint density at radius 1 is 1.25 bits per heavy atom. The lowest BCUT2D eigenvalue weighted by atomic mass is 9.99. The van der Waals surface area contributed by atoms with E-state index >= 15 is 0 Å². The number of fused-ring (bicyclic) bond motifs is 1. The fourth-order valence-electron chi connectivity index (χ4n) is 2.09. The summed E-state index contributed by atoms with van der Waals surface area (Å²) in [5.41, 5.74) is 1.47. The van der Waals surface area contributed by atoms with Crippen LogP contribution in [0.4, 0.5) is 13.2 Å². The second-order valence-electron chi connectivity index (χ2n) is 4.08. The summed E-state index contributed by atoms with van der Waals surface area (Å²) in [5.74, 6) is -0.626. The predicted molar refractivity (Wildman–Crippen MR) is 53.3 cm³/mol. The Morgan fingerprint density at radius 3 is 2.56 bits per heavy atom. The van der Waals surface area contributed by atoms with Crippen molar-refractivity contribution in [3.05, 3.63) is 35.4 Å². The van der Waals surface area contributed by atoms with E-state index in [0.717, 1.165) is 5.56 Å². The lowest BCUT2D eigenvalue weighted by Crippen LogP contribution is -2.15. The maximum absolute atomic E-state index is 12.1. The monoisotopic (exact) mass is 228 g/mol. The van der Waals surface area contributed by atoms with Crippen LogP contribution in [0, 0.1) is 5.92 Å². The lowest BCUT2D eigenvalue weighted by molar-refractivity contribution is -0.136. The molecule has 1 aliphatic carbocycles. The Hall–Kier alpha value is -1.32. The van der Waals surface area contributed by atoms with Gasteiger partial charge in [-0.05, 0) is 18.4 Å². The van der Waals surface area contributed by atoms with E-state index in [1.165, 1.54) is 0 Å². The van der Waals surface area contributed by atoms with Gasteiger partial charge in [-0.3, -0.25) is 4.79 Å². The average Bonchev–Trinajstić information content (AvgIpc) is 2.53. The molecule has 1 unspecified atom stereocenters. The molecule has 0 aromatic heterocycles. The Morgan fingerprint density at radius 2 is 1.94 bits per heavy atom. The third-order valence-corrected chi connectivity index (χ3v) is 2.90. The molecular formula is C12H11F3O. The minimum Gasteiger partial charge on any atom is -0.294 e. The second kappa shape index (κ2) is 3.92. The molecule has 16 heavy (non-hydrogen) atoms. The Balaban J connectivity index is 2.05. The van der Waals surface area contributed by atoms with E-state index in [0.29, 0.717) is 12.0 Å². The fraction of sp³-hybridized carbons (Fsp3) is 0.417. The highest BCUT2D eigenvalue weighted by atomic mass is 19.4. The van der Waals surface area contributed by atoms with Crippen molar-refractivity contribution in [2.45, 2.75) is 25.4 Å². The number of hydrogen-bond donors (Lipinski definition) is 0. The highest BCUT2D eigenvalue weighted by Gasteiger charge is 2.34. The molecule has 0 saturated carbocycles. The van der Waals surface area contributed by atoms with Crippen molar-refractivity contribution < 1.29 is 18.0 Å². The largest absolute Gasteiger partial charge is 0.389 e. The zero-order chi connectivity index (χ0) is 11.8. The molecule has 0 radical (unpaired) electrons.